The molecule has 0 saturated heterocycles. The number of hydrogen-bond donors (Lipinski definition) is 2. The lowest BCUT2D eigenvalue weighted by Gasteiger charge is -2.24. The van der Waals surface area contributed by atoms with Crippen LogP contribution in [0.2, 0.25) is 0 Å². The van der Waals surface area contributed by atoms with Crippen LogP contribution >= 0.6 is 12.2 Å². The summed E-state index contributed by atoms with van der Waals surface area (Å²) in [5.41, 5.74) is 7.16. The Bertz CT molecular complexity index is 396. The molecule has 100 valence electrons. The zero-order chi connectivity index (χ0) is 13.5. The van der Waals surface area contributed by atoms with E-state index in [-0.39, 0.29) is 6.04 Å². The molecule has 0 bridgehead atoms. The highest BCUT2D eigenvalue weighted by Crippen LogP contribution is 2.16. The lowest BCUT2D eigenvalue weighted by molar-refractivity contribution is 0.127. The average Bonchev–Trinajstić information content (AvgIpc) is 2.34. The summed E-state index contributed by atoms with van der Waals surface area (Å²) in [4.78, 5) is 4.50. The molecule has 5 heteroatoms. The molecule has 0 radical (unpaired) electrons. The van der Waals surface area contributed by atoms with Crippen molar-refractivity contribution in [2.24, 2.45) is 11.7 Å². The number of ether oxygens (including phenoxy) is 1. The number of thiocarbonyl (C=S) groups is 1. The SMILES string of the molecule is CCOCC(Nc1cccnc1C(N)=S)C(C)C. The quantitative estimate of drug-likeness (QED) is 0.742. The first-order chi connectivity index (χ1) is 8.56. The van der Waals surface area contributed by atoms with Crippen molar-refractivity contribution in [2.75, 3.05) is 18.5 Å². The van der Waals surface area contributed by atoms with Crippen LogP contribution in [0.1, 0.15) is 26.5 Å². The third-order valence-electron chi connectivity index (χ3n) is 2.69. The summed E-state index contributed by atoms with van der Waals surface area (Å²) in [5, 5.41) is 3.41. The number of pyridine rings is 1. The van der Waals surface area contributed by atoms with E-state index in [1.54, 1.807) is 6.20 Å². The Balaban J connectivity index is 2.83. The molecule has 0 fully saturated rings. The average molecular weight is 267 g/mol. The smallest absolute Gasteiger partial charge is 0.124 e. The molecule has 0 amide bonds. The highest BCUT2D eigenvalue weighted by atomic mass is 32.1. The third kappa shape index (κ3) is 4.23. The van der Waals surface area contributed by atoms with Gasteiger partial charge in [0.15, 0.2) is 0 Å². The van der Waals surface area contributed by atoms with Gasteiger partial charge in [0, 0.05) is 12.8 Å². The van der Waals surface area contributed by atoms with Crippen LogP contribution in [0.4, 0.5) is 5.69 Å². The van der Waals surface area contributed by atoms with Crippen LogP contribution < -0.4 is 11.1 Å². The molecular formula is C13H21N3OS. The van der Waals surface area contributed by atoms with Gasteiger partial charge in [-0.15, -0.1) is 0 Å². The first-order valence-electron chi connectivity index (χ1n) is 6.15. The van der Waals surface area contributed by atoms with Gasteiger partial charge in [-0.2, -0.15) is 0 Å². The number of hydrogen-bond acceptors (Lipinski definition) is 4. The van der Waals surface area contributed by atoms with Gasteiger partial charge in [-0.05, 0) is 25.0 Å². The second-order valence-corrected chi connectivity index (χ2v) is 4.86. The largest absolute Gasteiger partial charge is 0.388 e. The molecule has 1 rings (SSSR count). The van der Waals surface area contributed by atoms with Gasteiger partial charge >= 0.3 is 0 Å². The Hall–Kier alpha value is -1.20. The topological polar surface area (TPSA) is 60.2 Å². The molecule has 1 heterocycles. The lowest BCUT2D eigenvalue weighted by Crippen LogP contribution is -2.32. The molecule has 0 spiro atoms. The van der Waals surface area contributed by atoms with Gasteiger partial charge in [0.1, 0.15) is 10.7 Å². The predicted molar refractivity (Wildman–Crippen MR) is 78.9 cm³/mol. The monoisotopic (exact) mass is 267 g/mol. The Morgan fingerprint density at radius 1 is 1.56 bits per heavy atom. The number of nitrogens with one attached hydrogen (secondary N) is 1. The molecule has 0 aliphatic carbocycles. The lowest BCUT2D eigenvalue weighted by atomic mass is 10.0. The molecule has 18 heavy (non-hydrogen) atoms. The molecule has 1 unspecified atom stereocenters. The van der Waals surface area contributed by atoms with Crippen molar-refractivity contribution in [2.45, 2.75) is 26.8 Å². The highest BCUT2D eigenvalue weighted by molar-refractivity contribution is 7.80. The van der Waals surface area contributed by atoms with Crippen LogP contribution in [-0.2, 0) is 4.74 Å². The van der Waals surface area contributed by atoms with Crippen molar-refractivity contribution >= 4 is 22.9 Å². The first-order valence-corrected chi connectivity index (χ1v) is 6.56. The maximum atomic E-state index is 5.66. The van der Waals surface area contributed by atoms with E-state index in [9.17, 15) is 0 Å². The normalized spacial score (nSPS) is 12.4. The van der Waals surface area contributed by atoms with Crippen LogP contribution in [0.3, 0.4) is 0 Å². The Labute approximate surface area is 114 Å². The summed E-state index contributed by atoms with van der Waals surface area (Å²) in [5.74, 6) is 0.441. The van der Waals surface area contributed by atoms with Gasteiger partial charge in [-0.25, -0.2) is 0 Å². The zero-order valence-corrected chi connectivity index (χ0v) is 12.0. The highest BCUT2D eigenvalue weighted by Gasteiger charge is 2.16. The maximum absolute atomic E-state index is 5.66. The minimum atomic E-state index is 0.210. The van der Waals surface area contributed by atoms with E-state index in [0.717, 1.165) is 5.69 Å². The molecule has 0 aliphatic rings. The zero-order valence-electron chi connectivity index (χ0n) is 11.1. The molecule has 0 saturated carbocycles. The van der Waals surface area contributed by atoms with Crippen molar-refractivity contribution < 1.29 is 4.74 Å². The Kier molecular flexibility index (Phi) is 6.01. The van der Waals surface area contributed by atoms with Crippen LogP contribution in [0, 0.1) is 5.92 Å². The fraction of sp³-hybridized carbons (Fsp3) is 0.538. The van der Waals surface area contributed by atoms with Crippen molar-refractivity contribution in [1.29, 1.82) is 0 Å². The summed E-state index contributed by atoms with van der Waals surface area (Å²) in [6, 6.07) is 4.01. The molecule has 4 nitrogen and oxygen atoms in total. The second-order valence-electron chi connectivity index (χ2n) is 4.42. The van der Waals surface area contributed by atoms with E-state index in [4.69, 9.17) is 22.7 Å². The van der Waals surface area contributed by atoms with Gasteiger partial charge in [0.25, 0.3) is 0 Å². The van der Waals surface area contributed by atoms with Gasteiger partial charge in [0.05, 0.1) is 18.3 Å². The van der Waals surface area contributed by atoms with Crippen LogP contribution in [-0.4, -0.2) is 29.2 Å². The number of nitrogens with zero attached hydrogens (tertiary/aromatic N) is 1. The number of aromatic nitrogens is 1. The molecular weight excluding hydrogens is 246 g/mol. The Morgan fingerprint density at radius 3 is 2.83 bits per heavy atom. The first kappa shape index (κ1) is 14.9. The molecule has 3 N–H and O–H groups in total. The third-order valence-corrected chi connectivity index (χ3v) is 2.88. The summed E-state index contributed by atoms with van der Waals surface area (Å²) in [6.45, 7) is 7.64. The van der Waals surface area contributed by atoms with Gasteiger partial charge in [0.2, 0.25) is 0 Å². The summed E-state index contributed by atoms with van der Waals surface area (Å²) < 4.78 is 5.48. The summed E-state index contributed by atoms with van der Waals surface area (Å²) in [6.07, 6.45) is 1.69. The molecule has 1 atom stereocenters. The minimum Gasteiger partial charge on any atom is -0.388 e. The molecule has 0 aliphatic heterocycles. The Morgan fingerprint density at radius 2 is 2.28 bits per heavy atom. The van der Waals surface area contributed by atoms with Crippen molar-refractivity contribution in [3.63, 3.8) is 0 Å². The van der Waals surface area contributed by atoms with Crippen LogP contribution in [0.25, 0.3) is 0 Å². The second kappa shape index (κ2) is 7.28. The summed E-state index contributed by atoms with van der Waals surface area (Å²) in [7, 11) is 0. The van der Waals surface area contributed by atoms with Crippen LogP contribution in [0.15, 0.2) is 18.3 Å². The standard InChI is InChI=1S/C13H21N3OS/c1-4-17-8-11(9(2)3)16-10-6-5-7-15-12(10)13(14)18/h5-7,9,11,16H,4,8H2,1-3H3,(H2,14,18). The van der Waals surface area contributed by atoms with Crippen molar-refractivity contribution in [3.05, 3.63) is 24.0 Å². The fourth-order valence-corrected chi connectivity index (χ4v) is 1.73. The van der Waals surface area contributed by atoms with Crippen molar-refractivity contribution in [3.8, 4) is 0 Å². The maximum Gasteiger partial charge on any atom is 0.124 e. The van der Waals surface area contributed by atoms with E-state index >= 15 is 0 Å². The van der Waals surface area contributed by atoms with E-state index in [1.807, 2.05) is 19.1 Å². The van der Waals surface area contributed by atoms with E-state index in [0.29, 0.717) is 29.8 Å². The van der Waals surface area contributed by atoms with Gasteiger partial charge in [-0.1, -0.05) is 26.1 Å². The number of nitrogens with two attached hydrogens (primary N) is 1. The summed E-state index contributed by atoms with van der Waals surface area (Å²) >= 11 is 5.00. The molecule has 1 aromatic heterocycles. The van der Waals surface area contributed by atoms with Gasteiger partial charge < -0.3 is 15.8 Å². The number of rotatable bonds is 7. The van der Waals surface area contributed by atoms with E-state index in [1.165, 1.54) is 0 Å². The predicted octanol–water partition coefficient (Wildman–Crippen LogP) is 2.19. The molecule has 1 aromatic rings. The van der Waals surface area contributed by atoms with E-state index < -0.39 is 0 Å². The number of anilines is 1. The van der Waals surface area contributed by atoms with E-state index in [2.05, 4.69) is 24.1 Å². The minimum absolute atomic E-state index is 0.210. The van der Waals surface area contributed by atoms with Gasteiger partial charge in [-0.3, -0.25) is 4.98 Å². The van der Waals surface area contributed by atoms with Crippen LogP contribution in [0.5, 0.6) is 0 Å². The van der Waals surface area contributed by atoms with Crippen molar-refractivity contribution in [1.82, 2.24) is 4.98 Å². The molecule has 0 aromatic carbocycles. The fourth-order valence-electron chi connectivity index (χ4n) is 1.56.